The van der Waals surface area contributed by atoms with E-state index in [0.717, 1.165) is 29.7 Å². The van der Waals surface area contributed by atoms with Crippen LogP contribution in [0.4, 0.5) is 0 Å². The van der Waals surface area contributed by atoms with Crippen molar-refractivity contribution in [3.63, 3.8) is 0 Å². The minimum absolute atomic E-state index is 0.663. The summed E-state index contributed by atoms with van der Waals surface area (Å²) in [6.45, 7) is 3.03. The van der Waals surface area contributed by atoms with Crippen molar-refractivity contribution in [3.8, 4) is 11.4 Å². The van der Waals surface area contributed by atoms with E-state index in [1.165, 1.54) is 25.7 Å². The molecule has 0 bridgehead atoms. The van der Waals surface area contributed by atoms with Crippen molar-refractivity contribution in [2.45, 2.75) is 32.2 Å². The van der Waals surface area contributed by atoms with E-state index in [2.05, 4.69) is 31.0 Å². The molecule has 3 rings (SSSR count). The fourth-order valence-electron chi connectivity index (χ4n) is 2.55. The summed E-state index contributed by atoms with van der Waals surface area (Å²) in [5, 5.41) is 4.08. The highest BCUT2D eigenvalue weighted by Crippen LogP contribution is 2.21. The monoisotopic (exact) mass is 335 g/mol. The van der Waals surface area contributed by atoms with E-state index in [4.69, 9.17) is 4.52 Å². The first-order valence-electron chi connectivity index (χ1n) is 7.12. The smallest absolute Gasteiger partial charge is 0.241 e. The number of likely N-dealkylation sites (tertiary alicyclic amines) is 1. The van der Waals surface area contributed by atoms with Gasteiger partial charge in [-0.2, -0.15) is 4.98 Å². The molecule has 0 radical (unpaired) electrons. The van der Waals surface area contributed by atoms with Crippen LogP contribution in [0.25, 0.3) is 11.4 Å². The molecule has 0 spiro atoms. The zero-order valence-corrected chi connectivity index (χ0v) is 13.0. The second kappa shape index (κ2) is 6.50. The van der Waals surface area contributed by atoms with E-state index >= 15 is 0 Å². The SMILES string of the molecule is Brc1cccc(-c2noc(CN3CCCCCC3)n2)c1. The van der Waals surface area contributed by atoms with Crippen molar-refractivity contribution in [1.29, 1.82) is 0 Å². The molecule has 2 aromatic rings. The standard InChI is InChI=1S/C15H18BrN3O/c16-13-7-5-6-12(10-13)15-17-14(20-18-15)11-19-8-3-1-2-4-9-19/h5-7,10H,1-4,8-9,11H2. The molecule has 1 aromatic heterocycles. The second-order valence-corrected chi connectivity index (χ2v) is 6.13. The molecule has 0 atom stereocenters. The van der Waals surface area contributed by atoms with Crippen molar-refractivity contribution in [1.82, 2.24) is 15.0 Å². The Morgan fingerprint density at radius 3 is 2.70 bits per heavy atom. The molecule has 1 aliphatic rings. The highest BCUT2D eigenvalue weighted by Gasteiger charge is 2.14. The van der Waals surface area contributed by atoms with Gasteiger partial charge in [0, 0.05) is 10.0 Å². The molecule has 0 saturated carbocycles. The molecule has 1 saturated heterocycles. The lowest BCUT2D eigenvalue weighted by atomic mass is 10.2. The van der Waals surface area contributed by atoms with E-state index in [1.54, 1.807) is 0 Å². The van der Waals surface area contributed by atoms with E-state index in [9.17, 15) is 0 Å². The number of nitrogens with zero attached hydrogens (tertiary/aromatic N) is 3. The van der Waals surface area contributed by atoms with Gasteiger partial charge >= 0.3 is 0 Å². The molecule has 20 heavy (non-hydrogen) atoms. The van der Waals surface area contributed by atoms with Crippen LogP contribution in [0, 0.1) is 0 Å². The van der Waals surface area contributed by atoms with Crippen molar-refractivity contribution in [3.05, 3.63) is 34.6 Å². The van der Waals surface area contributed by atoms with Crippen LogP contribution in [0.15, 0.2) is 33.3 Å². The Balaban J connectivity index is 1.70. The van der Waals surface area contributed by atoms with Gasteiger partial charge in [-0.05, 0) is 38.1 Å². The van der Waals surface area contributed by atoms with Crippen LogP contribution in [-0.4, -0.2) is 28.1 Å². The Morgan fingerprint density at radius 2 is 1.95 bits per heavy atom. The Bertz CT molecular complexity index is 562. The van der Waals surface area contributed by atoms with Gasteiger partial charge in [-0.1, -0.05) is 46.1 Å². The second-order valence-electron chi connectivity index (χ2n) is 5.21. The minimum atomic E-state index is 0.663. The van der Waals surface area contributed by atoms with Crippen molar-refractivity contribution >= 4 is 15.9 Å². The number of benzene rings is 1. The third kappa shape index (κ3) is 3.46. The topological polar surface area (TPSA) is 42.2 Å². The fourth-order valence-corrected chi connectivity index (χ4v) is 2.95. The number of aromatic nitrogens is 2. The van der Waals surface area contributed by atoms with Crippen molar-refractivity contribution in [2.75, 3.05) is 13.1 Å². The first-order valence-corrected chi connectivity index (χ1v) is 7.91. The van der Waals surface area contributed by atoms with Gasteiger partial charge in [0.2, 0.25) is 11.7 Å². The first-order chi connectivity index (χ1) is 9.81. The Morgan fingerprint density at radius 1 is 1.15 bits per heavy atom. The van der Waals surface area contributed by atoms with Crippen LogP contribution >= 0.6 is 15.9 Å². The summed E-state index contributed by atoms with van der Waals surface area (Å²) in [6.07, 6.45) is 5.21. The van der Waals surface area contributed by atoms with Crippen LogP contribution < -0.4 is 0 Å². The zero-order valence-electron chi connectivity index (χ0n) is 11.4. The van der Waals surface area contributed by atoms with E-state index in [-0.39, 0.29) is 0 Å². The number of halogens is 1. The van der Waals surface area contributed by atoms with Gasteiger partial charge in [-0.25, -0.2) is 0 Å². The summed E-state index contributed by atoms with van der Waals surface area (Å²) in [4.78, 5) is 6.91. The van der Waals surface area contributed by atoms with Crippen LogP contribution in [0.5, 0.6) is 0 Å². The fraction of sp³-hybridized carbons (Fsp3) is 0.467. The van der Waals surface area contributed by atoms with Crippen LogP contribution in [0.3, 0.4) is 0 Å². The molecular formula is C15H18BrN3O. The largest absolute Gasteiger partial charge is 0.338 e. The highest BCUT2D eigenvalue weighted by molar-refractivity contribution is 9.10. The Kier molecular flexibility index (Phi) is 4.47. The maximum absolute atomic E-state index is 5.38. The van der Waals surface area contributed by atoms with Crippen molar-refractivity contribution in [2.24, 2.45) is 0 Å². The van der Waals surface area contributed by atoms with E-state index in [1.807, 2.05) is 24.3 Å². The van der Waals surface area contributed by atoms with E-state index in [0.29, 0.717) is 11.7 Å². The van der Waals surface area contributed by atoms with Gasteiger partial charge in [0.15, 0.2) is 0 Å². The molecule has 4 nitrogen and oxygen atoms in total. The Hall–Kier alpha value is -1.20. The summed E-state index contributed by atoms with van der Waals surface area (Å²) < 4.78 is 6.41. The molecule has 5 heteroatoms. The van der Waals surface area contributed by atoms with Crippen molar-refractivity contribution < 1.29 is 4.52 Å². The molecule has 0 amide bonds. The van der Waals surface area contributed by atoms with Crippen LogP contribution in [-0.2, 0) is 6.54 Å². The lowest BCUT2D eigenvalue weighted by Gasteiger charge is -2.16. The molecule has 0 unspecified atom stereocenters. The summed E-state index contributed by atoms with van der Waals surface area (Å²) >= 11 is 3.46. The lowest BCUT2D eigenvalue weighted by molar-refractivity contribution is 0.234. The van der Waals surface area contributed by atoms with Gasteiger partial charge in [0.1, 0.15) is 0 Å². The van der Waals surface area contributed by atoms with E-state index < -0.39 is 0 Å². The lowest BCUT2D eigenvalue weighted by Crippen LogP contribution is -2.24. The zero-order chi connectivity index (χ0) is 13.8. The molecule has 1 aromatic carbocycles. The molecule has 0 aliphatic carbocycles. The average Bonchev–Trinajstić information content (AvgIpc) is 2.75. The predicted octanol–water partition coefficient (Wildman–Crippen LogP) is 3.88. The van der Waals surface area contributed by atoms with Crippen LogP contribution in [0.2, 0.25) is 0 Å². The molecular weight excluding hydrogens is 318 g/mol. The first kappa shape index (κ1) is 13.8. The molecule has 106 valence electrons. The highest BCUT2D eigenvalue weighted by atomic mass is 79.9. The maximum Gasteiger partial charge on any atom is 0.241 e. The molecule has 0 N–H and O–H groups in total. The molecule has 2 heterocycles. The Labute approximate surface area is 127 Å². The maximum atomic E-state index is 5.38. The average molecular weight is 336 g/mol. The molecule has 1 aliphatic heterocycles. The van der Waals surface area contributed by atoms with Gasteiger partial charge in [0.05, 0.1) is 6.54 Å². The van der Waals surface area contributed by atoms with Gasteiger partial charge < -0.3 is 4.52 Å². The van der Waals surface area contributed by atoms with Crippen LogP contribution in [0.1, 0.15) is 31.6 Å². The number of rotatable bonds is 3. The summed E-state index contributed by atoms with van der Waals surface area (Å²) in [5.74, 6) is 1.37. The summed E-state index contributed by atoms with van der Waals surface area (Å²) in [7, 11) is 0. The number of hydrogen-bond acceptors (Lipinski definition) is 4. The molecule has 1 fully saturated rings. The van der Waals surface area contributed by atoms with Gasteiger partial charge in [0.25, 0.3) is 0 Å². The third-order valence-corrected chi connectivity index (χ3v) is 4.10. The minimum Gasteiger partial charge on any atom is -0.338 e. The number of hydrogen-bond donors (Lipinski definition) is 0. The quantitative estimate of drug-likeness (QED) is 0.853. The summed E-state index contributed by atoms with van der Waals surface area (Å²) in [5.41, 5.74) is 0.977. The third-order valence-electron chi connectivity index (χ3n) is 3.61. The normalized spacial score (nSPS) is 17.1. The van der Waals surface area contributed by atoms with Gasteiger partial charge in [-0.3, -0.25) is 4.90 Å². The van der Waals surface area contributed by atoms with Gasteiger partial charge in [-0.15, -0.1) is 0 Å². The predicted molar refractivity (Wildman–Crippen MR) is 81.2 cm³/mol. The summed E-state index contributed by atoms with van der Waals surface area (Å²) in [6, 6.07) is 7.96.